The lowest BCUT2D eigenvalue weighted by molar-refractivity contribution is -0.136. The van der Waals surface area contributed by atoms with E-state index in [1.54, 1.807) is 13.8 Å². The predicted molar refractivity (Wildman–Crippen MR) is 71.2 cm³/mol. The van der Waals surface area contributed by atoms with E-state index < -0.39 is 5.97 Å². The summed E-state index contributed by atoms with van der Waals surface area (Å²) in [6.45, 7) is 3.21. The van der Waals surface area contributed by atoms with E-state index in [0.29, 0.717) is 10.6 Å². The van der Waals surface area contributed by atoms with Crippen molar-refractivity contribution in [3.8, 4) is 0 Å². The molecule has 0 aliphatic rings. The summed E-state index contributed by atoms with van der Waals surface area (Å²) in [6.07, 6.45) is 1.32. The van der Waals surface area contributed by atoms with E-state index in [-0.39, 0.29) is 17.4 Å². The summed E-state index contributed by atoms with van der Waals surface area (Å²) in [5.74, 6) is -0.868. The quantitative estimate of drug-likeness (QED) is 0.482. The third-order valence-corrected chi connectivity index (χ3v) is 2.73. The number of hydrogen-bond donors (Lipinski definition) is 0. The highest BCUT2D eigenvalue weighted by Gasteiger charge is 2.10. The van der Waals surface area contributed by atoms with Crippen molar-refractivity contribution in [1.82, 2.24) is 0 Å². The van der Waals surface area contributed by atoms with Gasteiger partial charge in [-0.2, -0.15) is 0 Å². The number of rotatable bonds is 4. The molecular weight excluding hydrogens is 275 g/mol. The van der Waals surface area contributed by atoms with E-state index in [2.05, 4.69) is 0 Å². The van der Waals surface area contributed by atoms with Gasteiger partial charge in [0.1, 0.15) is 0 Å². The molecule has 0 bridgehead atoms. The molecule has 0 spiro atoms. The van der Waals surface area contributed by atoms with Crippen molar-refractivity contribution >= 4 is 35.0 Å². The van der Waals surface area contributed by atoms with E-state index in [4.69, 9.17) is 27.9 Å². The summed E-state index contributed by atoms with van der Waals surface area (Å²) < 4.78 is 4.80. The first-order valence-electron chi connectivity index (χ1n) is 5.20. The first-order chi connectivity index (χ1) is 8.40. The second-order valence-electron chi connectivity index (χ2n) is 3.88. The van der Waals surface area contributed by atoms with Gasteiger partial charge in [-0.1, -0.05) is 28.8 Å². The molecule has 18 heavy (non-hydrogen) atoms. The van der Waals surface area contributed by atoms with E-state index in [9.17, 15) is 9.59 Å². The summed E-state index contributed by atoms with van der Waals surface area (Å²) in [5.41, 5.74) is 1.16. The van der Waals surface area contributed by atoms with E-state index >= 15 is 0 Å². The Kier molecular flexibility index (Phi) is 5.38. The van der Waals surface area contributed by atoms with Gasteiger partial charge in [0.25, 0.3) is 0 Å². The predicted octanol–water partition coefficient (Wildman–Crippen LogP) is 3.69. The van der Waals surface area contributed by atoms with Crippen molar-refractivity contribution in [3.05, 3.63) is 45.5 Å². The molecule has 0 aromatic heterocycles. The van der Waals surface area contributed by atoms with E-state index in [1.165, 1.54) is 24.3 Å². The largest absolute Gasteiger partial charge is 0.454 e. The van der Waals surface area contributed by atoms with Crippen LogP contribution in [0.1, 0.15) is 24.2 Å². The molecule has 1 rings (SSSR count). The minimum absolute atomic E-state index is 0.290. The van der Waals surface area contributed by atoms with Gasteiger partial charge in [-0.3, -0.25) is 4.79 Å². The molecule has 0 N–H and O–H groups in total. The number of halogens is 2. The lowest BCUT2D eigenvalue weighted by atomic mass is 10.1. The Labute approximate surface area is 115 Å². The van der Waals surface area contributed by atoms with Crippen LogP contribution in [-0.4, -0.2) is 18.4 Å². The molecule has 0 saturated heterocycles. The van der Waals surface area contributed by atoms with Gasteiger partial charge in [0.05, 0.1) is 10.0 Å². The molecule has 0 amide bonds. The second-order valence-corrected chi connectivity index (χ2v) is 4.70. The van der Waals surface area contributed by atoms with Gasteiger partial charge in [-0.15, -0.1) is 0 Å². The standard InChI is InChI=1S/C13H12Cl2O3/c1-8(2)5-13(17)18-7-12(16)9-3-4-10(14)11(15)6-9/h3-6H,7H2,1-2H3. The fourth-order valence-corrected chi connectivity index (χ4v) is 1.47. The smallest absolute Gasteiger partial charge is 0.331 e. The van der Waals surface area contributed by atoms with Crippen LogP contribution in [0.3, 0.4) is 0 Å². The van der Waals surface area contributed by atoms with Crippen LogP contribution in [0.5, 0.6) is 0 Å². The van der Waals surface area contributed by atoms with Crippen LogP contribution in [0.15, 0.2) is 29.8 Å². The van der Waals surface area contributed by atoms with Crippen molar-refractivity contribution in [2.24, 2.45) is 0 Å². The Hall–Kier alpha value is -1.32. The lowest BCUT2D eigenvalue weighted by Gasteiger charge is -2.03. The summed E-state index contributed by atoms with van der Waals surface area (Å²) >= 11 is 11.5. The Balaban J connectivity index is 2.63. The number of ether oxygens (including phenoxy) is 1. The zero-order valence-electron chi connectivity index (χ0n) is 10.00. The van der Waals surface area contributed by atoms with Crippen LogP contribution < -0.4 is 0 Å². The molecule has 0 radical (unpaired) electrons. The fourth-order valence-electron chi connectivity index (χ4n) is 1.17. The van der Waals surface area contributed by atoms with E-state index in [0.717, 1.165) is 5.57 Å². The van der Waals surface area contributed by atoms with Crippen LogP contribution in [0.4, 0.5) is 0 Å². The highest BCUT2D eigenvalue weighted by Crippen LogP contribution is 2.22. The molecular formula is C13H12Cl2O3. The number of benzene rings is 1. The SMILES string of the molecule is CC(C)=CC(=O)OCC(=O)c1ccc(Cl)c(Cl)c1. The van der Waals surface area contributed by atoms with Crippen molar-refractivity contribution in [2.75, 3.05) is 6.61 Å². The number of Topliss-reactive ketones (excluding diaryl/α,β-unsaturated/α-hetero) is 1. The fraction of sp³-hybridized carbons (Fsp3) is 0.231. The molecule has 0 atom stereocenters. The van der Waals surface area contributed by atoms with E-state index in [1.807, 2.05) is 0 Å². The molecule has 0 unspecified atom stereocenters. The summed E-state index contributed by atoms with van der Waals surface area (Å²) in [6, 6.07) is 4.50. The van der Waals surface area contributed by atoms with Crippen molar-refractivity contribution in [1.29, 1.82) is 0 Å². The first kappa shape index (κ1) is 14.7. The van der Waals surface area contributed by atoms with Crippen LogP contribution in [0.2, 0.25) is 10.0 Å². The van der Waals surface area contributed by atoms with Gasteiger partial charge < -0.3 is 4.74 Å². The van der Waals surface area contributed by atoms with Crippen molar-refractivity contribution in [2.45, 2.75) is 13.8 Å². The van der Waals surface area contributed by atoms with Gasteiger partial charge in [-0.05, 0) is 32.0 Å². The van der Waals surface area contributed by atoms with Crippen LogP contribution in [-0.2, 0) is 9.53 Å². The Morgan fingerprint density at radius 2 is 1.89 bits per heavy atom. The Morgan fingerprint density at radius 3 is 2.44 bits per heavy atom. The second kappa shape index (κ2) is 6.57. The summed E-state index contributed by atoms with van der Waals surface area (Å²) in [4.78, 5) is 22.9. The van der Waals surface area contributed by atoms with Gasteiger partial charge in [-0.25, -0.2) is 4.79 Å². The number of esters is 1. The normalized spacial score (nSPS) is 9.78. The molecule has 1 aromatic rings. The Bertz CT molecular complexity index is 503. The van der Waals surface area contributed by atoms with Crippen molar-refractivity contribution < 1.29 is 14.3 Å². The third-order valence-electron chi connectivity index (χ3n) is 1.99. The molecule has 0 aliphatic heterocycles. The monoisotopic (exact) mass is 286 g/mol. The molecule has 0 fully saturated rings. The molecule has 0 heterocycles. The maximum absolute atomic E-state index is 11.7. The lowest BCUT2D eigenvalue weighted by Crippen LogP contribution is -2.12. The first-order valence-corrected chi connectivity index (χ1v) is 5.95. The highest BCUT2D eigenvalue weighted by atomic mass is 35.5. The summed E-state index contributed by atoms with van der Waals surface area (Å²) in [7, 11) is 0. The molecule has 96 valence electrons. The minimum Gasteiger partial charge on any atom is -0.454 e. The van der Waals surface area contributed by atoms with Gasteiger partial charge in [0.2, 0.25) is 0 Å². The number of ketones is 1. The van der Waals surface area contributed by atoms with Crippen molar-refractivity contribution in [3.63, 3.8) is 0 Å². The molecule has 5 heteroatoms. The average Bonchev–Trinajstić information content (AvgIpc) is 2.28. The highest BCUT2D eigenvalue weighted by molar-refractivity contribution is 6.42. The zero-order valence-corrected chi connectivity index (χ0v) is 11.5. The maximum Gasteiger partial charge on any atom is 0.331 e. The van der Waals surface area contributed by atoms with Crippen LogP contribution >= 0.6 is 23.2 Å². The Morgan fingerprint density at radius 1 is 1.22 bits per heavy atom. The maximum atomic E-state index is 11.7. The number of hydrogen-bond acceptors (Lipinski definition) is 3. The molecule has 0 aliphatic carbocycles. The van der Waals surface area contributed by atoms with Gasteiger partial charge >= 0.3 is 5.97 Å². The molecule has 0 saturated carbocycles. The number of carbonyl (C=O) groups excluding carboxylic acids is 2. The number of allylic oxidation sites excluding steroid dienone is 1. The molecule has 3 nitrogen and oxygen atoms in total. The van der Waals surface area contributed by atoms with Crippen LogP contribution in [0.25, 0.3) is 0 Å². The molecule has 1 aromatic carbocycles. The van der Waals surface area contributed by atoms with Gasteiger partial charge in [0.15, 0.2) is 12.4 Å². The topological polar surface area (TPSA) is 43.4 Å². The third kappa shape index (κ3) is 4.51. The van der Waals surface area contributed by atoms with Gasteiger partial charge in [0, 0.05) is 11.6 Å². The summed E-state index contributed by atoms with van der Waals surface area (Å²) in [5, 5.41) is 0.660. The number of carbonyl (C=O) groups is 2. The minimum atomic E-state index is -0.539. The average molecular weight is 287 g/mol. The van der Waals surface area contributed by atoms with Crippen LogP contribution in [0, 0.1) is 0 Å². The zero-order chi connectivity index (χ0) is 13.7.